The molecule has 108 valence electrons. The SMILES string of the molecule is Cc1ccc(N(C)C(=O)NC(=S)c2ccccc2)cc1C. The van der Waals surface area contributed by atoms with E-state index in [4.69, 9.17) is 12.2 Å². The number of benzene rings is 2. The number of hydrogen-bond donors (Lipinski definition) is 1. The van der Waals surface area contributed by atoms with E-state index in [1.807, 2.05) is 62.4 Å². The summed E-state index contributed by atoms with van der Waals surface area (Å²) < 4.78 is 0. The van der Waals surface area contributed by atoms with E-state index in [0.29, 0.717) is 4.99 Å². The van der Waals surface area contributed by atoms with Crippen molar-refractivity contribution in [3.63, 3.8) is 0 Å². The van der Waals surface area contributed by atoms with Crippen molar-refractivity contribution in [2.75, 3.05) is 11.9 Å². The lowest BCUT2D eigenvalue weighted by Crippen LogP contribution is -2.40. The Bertz CT molecular complexity index is 668. The van der Waals surface area contributed by atoms with Gasteiger partial charge in [-0.3, -0.25) is 10.2 Å². The molecule has 0 atom stereocenters. The fraction of sp³-hybridized carbons (Fsp3) is 0.176. The highest BCUT2D eigenvalue weighted by atomic mass is 32.1. The molecule has 2 aromatic rings. The van der Waals surface area contributed by atoms with Crippen molar-refractivity contribution < 1.29 is 4.79 Å². The summed E-state index contributed by atoms with van der Waals surface area (Å²) in [5, 5.41) is 2.75. The van der Waals surface area contributed by atoms with E-state index >= 15 is 0 Å². The molecule has 0 saturated carbocycles. The van der Waals surface area contributed by atoms with Gasteiger partial charge in [-0.25, -0.2) is 4.79 Å². The number of nitrogens with one attached hydrogen (secondary N) is 1. The highest BCUT2D eigenvalue weighted by Crippen LogP contribution is 2.17. The first-order valence-corrected chi connectivity index (χ1v) is 7.11. The molecule has 0 spiro atoms. The van der Waals surface area contributed by atoms with Gasteiger partial charge in [-0.15, -0.1) is 0 Å². The third-order valence-corrected chi connectivity index (χ3v) is 3.78. The lowest BCUT2D eigenvalue weighted by molar-refractivity contribution is 0.252. The van der Waals surface area contributed by atoms with Crippen LogP contribution in [0.4, 0.5) is 10.5 Å². The molecule has 0 heterocycles. The van der Waals surface area contributed by atoms with Crippen molar-refractivity contribution in [1.29, 1.82) is 0 Å². The van der Waals surface area contributed by atoms with Crippen LogP contribution >= 0.6 is 12.2 Å². The molecule has 0 aliphatic rings. The molecule has 2 rings (SSSR count). The van der Waals surface area contributed by atoms with Gasteiger partial charge < -0.3 is 0 Å². The van der Waals surface area contributed by atoms with Crippen LogP contribution in [0, 0.1) is 13.8 Å². The number of carbonyl (C=O) groups excluding carboxylic acids is 1. The van der Waals surface area contributed by atoms with Crippen LogP contribution in [-0.2, 0) is 0 Å². The Morgan fingerprint density at radius 2 is 1.71 bits per heavy atom. The second-order valence-electron chi connectivity index (χ2n) is 4.95. The minimum Gasteiger partial charge on any atom is -0.298 e. The Balaban J connectivity index is 2.09. The van der Waals surface area contributed by atoms with E-state index in [-0.39, 0.29) is 6.03 Å². The monoisotopic (exact) mass is 298 g/mol. The molecule has 0 aliphatic heterocycles. The maximum atomic E-state index is 12.3. The number of rotatable bonds is 2. The van der Waals surface area contributed by atoms with Gasteiger partial charge in [-0.2, -0.15) is 0 Å². The maximum Gasteiger partial charge on any atom is 0.326 e. The van der Waals surface area contributed by atoms with E-state index < -0.39 is 0 Å². The minimum atomic E-state index is -0.243. The standard InChI is InChI=1S/C17H18N2OS/c1-12-9-10-15(11-13(12)2)19(3)17(20)18-16(21)14-7-5-4-6-8-14/h4-11H,1-3H3,(H,18,20,21). The van der Waals surface area contributed by atoms with E-state index in [9.17, 15) is 4.79 Å². The van der Waals surface area contributed by atoms with E-state index in [1.165, 1.54) is 5.56 Å². The fourth-order valence-electron chi connectivity index (χ4n) is 1.89. The summed E-state index contributed by atoms with van der Waals surface area (Å²) in [6.45, 7) is 4.07. The lowest BCUT2D eigenvalue weighted by Gasteiger charge is -2.19. The molecule has 2 aromatic carbocycles. The number of hydrogen-bond acceptors (Lipinski definition) is 2. The van der Waals surface area contributed by atoms with Gasteiger partial charge in [0, 0.05) is 18.3 Å². The quantitative estimate of drug-likeness (QED) is 0.855. The first-order valence-electron chi connectivity index (χ1n) is 6.70. The average Bonchev–Trinajstić information content (AvgIpc) is 2.50. The van der Waals surface area contributed by atoms with Gasteiger partial charge in [0.2, 0.25) is 0 Å². The van der Waals surface area contributed by atoms with Crippen LogP contribution in [0.5, 0.6) is 0 Å². The molecule has 0 unspecified atom stereocenters. The van der Waals surface area contributed by atoms with Gasteiger partial charge in [-0.05, 0) is 37.1 Å². The van der Waals surface area contributed by atoms with Gasteiger partial charge in [-0.1, -0.05) is 48.6 Å². The van der Waals surface area contributed by atoms with Crippen LogP contribution < -0.4 is 10.2 Å². The molecule has 0 bridgehead atoms. The number of thiocarbonyl (C=S) groups is 1. The van der Waals surface area contributed by atoms with Gasteiger partial charge in [0.1, 0.15) is 4.99 Å². The maximum absolute atomic E-state index is 12.3. The fourth-order valence-corrected chi connectivity index (χ4v) is 2.12. The van der Waals surface area contributed by atoms with Gasteiger partial charge in [0.15, 0.2) is 0 Å². The largest absolute Gasteiger partial charge is 0.326 e. The normalized spacial score (nSPS) is 10.0. The molecule has 0 fully saturated rings. The number of anilines is 1. The smallest absolute Gasteiger partial charge is 0.298 e. The van der Waals surface area contributed by atoms with Gasteiger partial charge >= 0.3 is 6.03 Å². The number of urea groups is 1. The van der Waals surface area contributed by atoms with Crippen molar-refractivity contribution in [3.05, 3.63) is 65.2 Å². The summed E-state index contributed by atoms with van der Waals surface area (Å²) in [6.07, 6.45) is 0. The molecule has 3 nitrogen and oxygen atoms in total. The summed E-state index contributed by atoms with van der Waals surface area (Å²) in [7, 11) is 1.73. The van der Waals surface area contributed by atoms with Crippen LogP contribution in [0.2, 0.25) is 0 Å². The summed E-state index contributed by atoms with van der Waals surface area (Å²) in [5.41, 5.74) is 4.02. The predicted octanol–water partition coefficient (Wildman–Crippen LogP) is 3.82. The first kappa shape index (κ1) is 15.2. The van der Waals surface area contributed by atoms with Crippen LogP contribution in [0.1, 0.15) is 16.7 Å². The van der Waals surface area contributed by atoms with Crippen molar-refractivity contribution in [2.24, 2.45) is 0 Å². The lowest BCUT2D eigenvalue weighted by atomic mass is 10.1. The third kappa shape index (κ3) is 3.67. The zero-order chi connectivity index (χ0) is 15.4. The Morgan fingerprint density at radius 3 is 2.33 bits per heavy atom. The highest BCUT2D eigenvalue weighted by molar-refractivity contribution is 7.80. The molecule has 0 saturated heterocycles. The molecule has 4 heteroatoms. The van der Waals surface area contributed by atoms with Crippen molar-refractivity contribution in [1.82, 2.24) is 5.32 Å². The Hall–Kier alpha value is -2.20. The Kier molecular flexibility index (Phi) is 4.70. The zero-order valence-electron chi connectivity index (χ0n) is 12.4. The Morgan fingerprint density at radius 1 is 1.05 bits per heavy atom. The zero-order valence-corrected chi connectivity index (χ0v) is 13.2. The molecule has 2 amide bonds. The average molecular weight is 298 g/mol. The van der Waals surface area contributed by atoms with E-state index in [0.717, 1.165) is 16.8 Å². The molecule has 21 heavy (non-hydrogen) atoms. The van der Waals surface area contributed by atoms with Crippen LogP contribution in [-0.4, -0.2) is 18.1 Å². The van der Waals surface area contributed by atoms with Gasteiger partial charge in [0.25, 0.3) is 0 Å². The predicted molar refractivity (Wildman–Crippen MR) is 91.0 cm³/mol. The van der Waals surface area contributed by atoms with Crippen LogP contribution in [0.25, 0.3) is 0 Å². The molecule has 1 N–H and O–H groups in total. The summed E-state index contributed by atoms with van der Waals surface area (Å²) in [4.78, 5) is 14.2. The molecule has 0 radical (unpaired) electrons. The summed E-state index contributed by atoms with van der Waals surface area (Å²) in [5.74, 6) is 0. The van der Waals surface area contributed by atoms with Crippen molar-refractivity contribution in [2.45, 2.75) is 13.8 Å². The molecule has 0 aliphatic carbocycles. The van der Waals surface area contributed by atoms with Gasteiger partial charge in [0.05, 0.1) is 0 Å². The van der Waals surface area contributed by atoms with Crippen LogP contribution in [0.3, 0.4) is 0 Å². The van der Waals surface area contributed by atoms with Crippen molar-refractivity contribution in [3.8, 4) is 0 Å². The first-order chi connectivity index (χ1) is 9.99. The van der Waals surface area contributed by atoms with Crippen molar-refractivity contribution >= 4 is 28.9 Å². The summed E-state index contributed by atoms with van der Waals surface area (Å²) >= 11 is 5.25. The molecular formula is C17H18N2OS. The second-order valence-corrected chi connectivity index (χ2v) is 5.36. The highest BCUT2D eigenvalue weighted by Gasteiger charge is 2.13. The number of carbonyl (C=O) groups is 1. The topological polar surface area (TPSA) is 32.3 Å². The third-order valence-electron chi connectivity index (χ3n) is 3.44. The Labute approximate surface area is 130 Å². The minimum absolute atomic E-state index is 0.243. The van der Waals surface area contributed by atoms with Crippen LogP contribution in [0.15, 0.2) is 48.5 Å². The number of aryl methyl sites for hydroxylation is 2. The van der Waals surface area contributed by atoms with E-state index in [2.05, 4.69) is 5.32 Å². The molecular weight excluding hydrogens is 280 g/mol. The van der Waals surface area contributed by atoms with E-state index in [1.54, 1.807) is 11.9 Å². The number of amides is 2. The number of nitrogens with zero attached hydrogens (tertiary/aromatic N) is 1. The summed E-state index contributed by atoms with van der Waals surface area (Å²) in [6, 6.07) is 15.1. The second kappa shape index (κ2) is 6.50. The molecule has 0 aromatic heterocycles.